The molecule has 0 fully saturated rings. The van der Waals surface area contributed by atoms with Crippen LogP contribution in [0.4, 0.5) is 5.69 Å². The summed E-state index contributed by atoms with van der Waals surface area (Å²) in [7, 11) is 6.77. The van der Waals surface area contributed by atoms with E-state index in [1.165, 1.54) is 0 Å². The molecular formula is C21H28ClN2O4+. The van der Waals surface area contributed by atoms with Crippen LogP contribution in [0.2, 0.25) is 5.02 Å². The van der Waals surface area contributed by atoms with Crippen molar-refractivity contribution in [3.05, 3.63) is 46.5 Å². The first-order valence-corrected chi connectivity index (χ1v) is 9.36. The molecule has 2 aromatic rings. The summed E-state index contributed by atoms with van der Waals surface area (Å²) >= 11 is 6.04. The van der Waals surface area contributed by atoms with Crippen molar-refractivity contribution >= 4 is 23.2 Å². The van der Waals surface area contributed by atoms with Gasteiger partial charge in [0.1, 0.15) is 12.3 Å². The van der Waals surface area contributed by atoms with E-state index in [9.17, 15) is 4.79 Å². The lowest BCUT2D eigenvalue weighted by atomic mass is 10.1. The van der Waals surface area contributed by atoms with Crippen molar-refractivity contribution in [2.24, 2.45) is 0 Å². The number of nitrogens with one attached hydrogen (secondary N) is 2. The zero-order valence-corrected chi connectivity index (χ0v) is 17.9. The van der Waals surface area contributed by atoms with E-state index in [1.54, 1.807) is 39.5 Å². The van der Waals surface area contributed by atoms with Crippen LogP contribution < -0.4 is 24.4 Å². The summed E-state index contributed by atoms with van der Waals surface area (Å²) in [6.07, 6.45) is 0. The molecule has 0 aromatic heterocycles. The van der Waals surface area contributed by atoms with Gasteiger partial charge in [0.25, 0.3) is 5.91 Å². The third kappa shape index (κ3) is 5.09. The fraction of sp³-hybridized carbons (Fsp3) is 0.381. The van der Waals surface area contributed by atoms with Crippen LogP contribution in [0.15, 0.2) is 30.3 Å². The lowest BCUT2D eigenvalue weighted by Gasteiger charge is -2.23. The summed E-state index contributed by atoms with van der Waals surface area (Å²) in [5.74, 6) is 1.83. The molecule has 0 saturated carbocycles. The van der Waals surface area contributed by atoms with E-state index >= 15 is 0 Å². The van der Waals surface area contributed by atoms with E-state index in [-0.39, 0.29) is 11.9 Å². The van der Waals surface area contributed by atoms with Gasteiger partial charge in [-0.15, -0.1) is 0 Å². The second kappa shape index (κ2) is 9.66. The molecule has 0 aliphatic heterocycles. The van der Waals surface area contributed by atoms with Gasteiger partial charge < -0.3 is 24.4 Å². The van der Waals surface area contributed by atoms with Crippen molar-refractivity contribution in [1.82, 2.24) is 0 Å². The molecule has 0 spiro atoms. The van der Waals surface area contributed by atoms with E-state index in [4.69, 9.17) is 25.8 Å². The molecule has 0 radical (unpaired) electrons. The molecule has 152 valence electrons. The number of benzene rings is 2. The summed E-state index contributed by atoms with van der Waals surface area (Å²) in [6.45, 7) is 4.57. The first-order chi connectivity index (χ1) is 13.3. The van der Waals surface area contributed by atoms with E-state index < -0.39 is 0 Å². The second-order valence-electron chi connectivity index (χ2n) is 6.71. The van der Waals surface area contributed by atoms with Crippen LogP contribution in [-0.2, 0) is 11.3 Å². The number of anilines is 1. The van der Waals surface area contributed by atoms with Crippen LogP contribution >= 0.6 is 11.6 Å². The Bertz CT molecular complexity index is 841. The van der Waals surface area contributed by atoms with Crippen molar-refractivity contribution in [2.75, 3.05) is 33.7 Å². The maximum absolute atomic E-state index is 12.8. The van der Waals surface area contributed by atoms with Gasteiger partial charge in [0.15, 0.2) is 17.5 Å². The Kier molecular flexibility index (Phi) is 7.54. The monoisotopic (exact) mass is 407 g/mol. The number of methoxy groups -OCH3 is 3. The summed E-state index contributed by atoms with van der Waals surface area (Å²) in [5, 5.41) is 3.44. The molecule has 0 bridgehead atoms. The highest BCUT2D eigenvalue weighted by Crippen LogP contribution is 2.30. The molecule has 0 aliphatic rings. The van der Waals surface area contributed by atoms with Gasteiger partial charge >= 0.3 is 0 Å². The molecule has 1 unspecified atom stereocenters. The number of amides is 1. The molecule has 1 amide bonds. The van der Waals surface area contributed by atoms with E-state index in [0.29, 0.717) is 34.5 Å². The highest BCUT2D eigenvalue weighted by molar-refractivity contribution is 6.31. The average molecular weight is 408 g/mol. The number of carbonyl (C=O) groups excluding carboxylic acids is 1. The van der Waals surface area contributed by atoms with Crippen molar-refractivity contribution < 1.29 is 23.9 Å². The maximum atomic E-state index is 12.8. The maximum Gasteiger partial charge on any atom is 0.282 e. The van der Waals surface area contributed by atoms with Gasteiger partial charge in [0.05, 0.1) is 34.1 Å². The van der Waals surface area contributed by atoms with Crippen LogP contribution in [-0.4, -0.2) is 40.3 Å². The van der Waals surface area contributed by atoms with Crippen molar-refractivity contribution in [2.45, 2.75) is 26.4 Å². The first kappa shape index (κ1) is 21.9. The zero-order valence-electron chi connectivity index (χ0n) is 17.2. The summed E-state index contributed by atoms with van der Waals surface area (Å²) in [4.78, 5) is 13.8. The quantitative estimate of drug-likeness (QED) is 0.706. The Labute approximate surface area is 171 Å². The van der Waals surface area contributed by atoms with Crippen LogP contribution in [0.1, 0.15) is 18.1 Å². The van der Waals surface area contributed by atoms with Gasteiger partial charge in [0.2, 0.25) is 0 Å². The SMILES string of the molecule is COc1ccc(Cl)cc1NC(=O)[C@H](C)[NH+](C)Cc1cc(OC)c(OC)cc1C. The lowest BCUT2D eigenvalue weighted by molar-refractivity contribution is -0.907. The summed E-state index contributed by atoms with van der Waals surface area (Å²) in [5.41, 5.74) is 2.73. The zero-order chi connectivity index (χ0) is 20.8. The molecule has 28 heavy (non-hydrogen) atoms. The highest BCUT2D eigenvalue weighted by atomic mass is 35.5. The van der Waals surface area contributed by atoms with Crippen molar-refractivity contribution in [3.8, 4) is 17.2 Å². The lowest BCUT2D eigenvalue weighted by Crippen LogP contribution is -3.12. The molecule has 2 aromatic carbocycles. The molecule has 6 nitrogen and oxygen atoms in total. The summed E-state index contributed by atoms with van der Waals surface area (Å²) in [6, 6.07) is 8.74. The van der Waals surface area contributed by atoms with Gasteiger partial charge in [-0.05, 0) is 49.7 Å². The standard InChI is InChI=1S/C21H27ClN2O4/c1-13-9-19(27-5)20(28-6)10-15(13)12-24(3)14(2)21(25)23-17-11-16(22)7-8-18(17)26-4/h7-11,14H,12H2,1-6H3,(H,23,25)/p+1/t14-/m0/s1. The van der Waals surface area contributed by atoms with Crippen LogP contribution in [0, 0.1) is 6.92 Å². The van der Waals surface area contributed by atoms with E-state index in [2.05, 4.69) is 5.32 Å². The number of hydrogen-bond donors (Lipinski definition) is 2. The molecule has 2 N–H and O–H groups in total. The number of hydrogen-bond acceptors (Lipinski definition) is 4. The van der Waals surface area contributed by atoms with Gasteiger partial charge in [0, 0.05) is 10.6 Å². The Morgan fingerprint density at radius 1 is 1.07 bits per heavy atom. The fourth-order valence-electron chi connectivity index (χ4n) is 2.91. The first-order valence-electron chi connectivity index (χ1n) is 8.98. The highest BCUT2D eigenvalue weighted by Gasteiger charge is 2.24. The Morgan fingerprint density at radius 2 is 1.68 bits per heavy atom. The van der Waals surface area contributed by atoms with Gasteiger partial charge in [-0.2, -0.15) is 0 Å². The smallest absolute Gasteiger partial charge is 0.282 e. The van der Waals surface area contributed by atoms with Crippen LogP contribution in [0.3, 0.4) is 0 Å². The average Bonchev–Trinajstić information content (AvgIpc) is 2.68. The third-order valence-corrected chi connectivity index (χ3v) is 5.10. The number of halogens is 1. The number of likely N-dealkylation sites (N-methyl/N-ethyl adjacent to an activating group) is 1. The van der Waals surface area contributed by atoms with Crippen LogP contribution in [0.25, 0.3) is 0 Å². The second-order valence-corrected chi connectivity index (χ2v) is 7.15. The third-order valence-electron chi connectivity index (χ3n) is 4.86. The molecule has 0 saturated heterocycles. The van der Waals surface area contributed by atoms with Gasteiger partial charge in [-0.1, -0.05) is 11.6 Å². The molecule has 0 aliphatic carbocycles. The number of rotatable bonds is 8. The Morgan fingerprint density at radius 3 is 2.29 bits per heavy atom. The number of aryl methyl sites for hydroxylation is 1. The minimum absolute atomic E-state index is 0.115. The van der Waals surface area contributed by atoms with Gasteiger partial charge in [-0.25, -0.2) is 0 Å². The van der Waals surface area contributed by atoms with Gasteiger partial charge in [-0.3, -0.25) is 4.79 Å². The Balaban J connectivity index is 2.13. The van der Waals surface area contributed by atoms with E-state index in [1.807, 2.05) is 33.0 Å². The fourth-order valence-corrected chi connectivity index (χ4v) is 3.08. The number of ether oxygens (including phenoxy) is 3. The normalized spacial score (nSPS) is 12.8. The predicted octanol–water partition coefficient (Wildman–Crippen LogP) is 2.72. The van der Waals surface area contributed by atoms with E-state index in [0.717, 1.165) is 16.0 Å². The van der Waals surface area contributed by atoms with Crippen molar-refractivity contribution in [1.29, 1.82) is 0 Å². The molecule has 2 atom stereocenters. The molecular weight excluding hydrogens is 380 g/mol. The molecule has 0 heterocycles. The largest absolute Gasteiger partial charge is 0.495 e. The minimum atomic E-state index is -0.295. The minimum Gasteiger partial charge on any atom is -0.495 e. The molecule has 7 heteroatoms. The van der Waals surface area contributed by atoms with Crippen LogP contribution in [0.5, 0.6) is 17.2 Å². The van der Waals surface area contributed by atoms with Crippen molar-refractivity contribution in [3.63, 3.8) is 0 Å². The summed E-state index contributed by atoms with van der Waals surface area (Å²) < 4.78 is 16.0. The topological polar surface area (TPSA) is 61.2 Å². The Hall–Kier alpha value is -2.44. The predicted molar refractivity (Wildman–Crippen MR) is 111 cm³/mol. The molecule has 2 rings (SSSR count). The number of quaternary nitrogens is 1. The number of carbonyl (C=O) groups is 1.